The standard InChI is InChI=1S/C6H10ClNO/c7-5-2-1-3-6(4-5)8-9/h5-6H,1-4H2/t5-,6-/m0/s1. The number of halogens is 1. The molecule has 2 atom stereocenters. The van der Waals surface area contributed by atoms with Gasteiger partial charge in [-0.2, -0.15) is 4.91 Å². The molecule has 0 aromatic rings. The average molecular weight is 148 g/mol. The third-order valence-corrected chi connectivity index (χ3v) is 2.13. The van der Waals surface area contributed by atoms with Gasteiger partial charge in [-0.3, -0.25) is 0 Å². The molecule has 1 aliphatic rings. The molecule has 0 spiro atoms. The van der Waals surface area contributed by atoms with Gasteiger partial charge in [-0.15, -0.1) is 11.6 Å². The molecule has 0 radical (unpaired) electrons. The monoisotopic (exact) mass is 147 g/mol. The number of alkyl halides is 1. The molecule has 1 fully saturated rings. The zero-order chi connectivity index (χ0) is 6.69. The Morgan fingerprint density at radius 2 is 2.22 bits per heavy atom. The molecule has 0 unspecified atom stereocenters. The highest BCUT2D eigenvalue weighted by molar-refractivity contribution is 6.20. The van der Waals surface area contributed by atoms with E-state index in [1.165, 1.54) is 0 Å². The molecule has 3 heteroatoms. The van der Waals surface area contributed by atoms with Crippen molar-refractivity contribution >= 4 is 11.6 Å². The zero-order valence-electron chi connectivity index (χ0n) is 5.22. The summed E-state index contributed by atoms with van der Waals surface area (Å²) in [6.45, 7) is 0. The smallest absolute Gasteiger partial charge is 0.0933 e. The molecule has 1 saturated carbocycles. The van der Waals surface area contributed by atoms with Crippen LogP contribution in [0.4, 0.5) is 0 Å². The molecule has 0 N–H and O–H groups in total. The minimum absolute atomic E-state index is 0.00116. The molecule has 1 aliphatic carbocycles. The van der Waals surface area contributed by atoms with E-state index in [-0.39, 0.29) is 11.4 Å². The van der Waals surface area contributed by atoms with Gasteiger partial charge in [-0.1, -0.05) is 5.18 Å². The summed E-state index contributed by atoms with van der Waals surface area (Å²) in [4.78, 5) is 10.00. The molecular formula is C6H10ClNO. The van der Waals surface area contributed by atoms with Crippen LogP contribution in [0.2, 0.25) is 0 Å². The lowest BCUT2D eigenvalue weighted by Gasteiger charge is -2.18. The molecular weight excluding hydrogens is 138 g/mol. The van der Waals surface area contributed by atoms with E-state index in [9.17, 15) is 4.91 Å². The number of nitrogens with zero attached hydrogens (tertiary/aromatic N) is 1. The maximum atomic E-state index is 10.00. The van der Waals surface area contributed by atoms with Crippen molar-refractivity contribution in [3.63, 3.8) is 0 Å². The Bertz CT molecular complexity index is 107. The first-order valence-corrected chi connectivity index (χ1v) is 3.73. The first-order chi connectivity index (χ1) is 4.33. The predicted molar refractivity (Wildman–Crippen MR) is 37.7 cm³/mol. The molecule has 2 nitrogen and oxygen atoms in total. The van der Waals surface area contributed by atoms with Crippen LogP contribution in [-0.2, 0) is 0 Å². The van der Waals surface area contributed by atoms with Crippen molar-refractivity contribution in [2.45, 2.75) is 37.1 Å². The van der Waals surface area contributed by atoms with E-state index in [1.54, 1.807) is 0 Å². The summed E-state index contributed by atoms with van der Waals surface area (Å²) in [5.74, 6) is 0. The van der Waals surface area contributed by atoms with Crippen molar-refractivity contribution in [1.29, 1.82) is 0 Å². The molecule has 0 bridgehead atoms. The first-order valence-electron chi connectivity index (χ1n) is 3.29. The largest absolute Gasteiger partial charge is 0.151 e. The van der Waals surface area contributed by atoms with Crippen LogP contribution >= 0.6 is 11.6 Å². The second-order valence-electron chi connectivity index (χ2n) is 2.52. The fourth-order valence-electron chi connectivity index (χ4n) is 1.20. The topological polar surface area (TPSA) is 29.4 Å². The molecule has 52 valence electrons. The maximum Gasteiger partial charge on any atom is 0.0933 e. The Labute approximate surface area is 59.6 Å². The van der Waals surface area contributed by atoms with Gasteiger partial charge in [0.05, 0.1) is 6.04 Å². The normalized spacial score (nSPS) is 36.1. The van der Waals surface area contributed by atoms with E-state index in [0.29, 0.717) is 0 Å². The Hall–Kier alpha value is -0.110. The van der Waals surface area contributed by atoms with Gasteiger partial charge in [0.25, 0.3) is 0 Å². The molecule has 9 heavy (non-hydrogen) atoms. The van der Waals surface area contributed by atoms with E-state index in [2.05, 4.69) is 5.18 Å². The lowest BCUT2D eigenvalue weighted by atomic mass is 9.96. The van der Waals surface area contributed by atoms with Gasteiger partial charge in [0.2, 0.25) is 0 Å². The number of rotatable bonds is 1. The maximum absolute atomic E-state index is 10.00. The van der Waals surface area contributed by atoms with Crippen molar-refractivity contribution in [2.24, 2.45) is 5.18 Å². The van der Waals surface area contributed by atoms with E-state index < -0.39 is 0 Å². The summed E-state index contributed by atoms with van der Waals surface area (Å²) in [7, 11) is 0. The summed E-state index contributed by atoms with van der Waals surface area (Å²) in [6, 6.07) is 0.00116. The minimum Gasteiger partial charge on any atom is -0.151 e. The molecule has 0 amide bonds. The zero-order valence-corrected chi connectivity index (χ0v) is 5.97. The van der Waals surface area contributed by atoms with E-state index in [0.717, 1.165) is 25.7 Å². The molecule has 0 aromatic heterocycles. The van der Waals surface area contributed by atoms with E-state index >= 15 is 0 Å². The quantitative estimate of drug-likeness (QED) is 0.414. The summed E-state index contributed by atoms with van der Waals surface area (Å²) in [6.07, 6.45) is 3.83. The average Bonchev–Trinajstić information content (AvgIpc) is 1.88. The fraction of sp³-hybridized carbons (Fsp3) is 1.00. The number of hydrogen-bond acceptors (Lipinski definition) is 2. The first kappa shape index (κ1) is 7.00. The van der Waals surface area contributed by atoms with E-state index in [1.807, 2.05) is 0 Å². The number of nitroso groups, excluding NO2 is 1. The second-order valence-corrected chi connectivity index (χ2v) is 3.14. The van der Waals surface area contributed by atoms with Gasteiger partial charge in [0.1, 0.15) is 0 Å². The molecule has 1 rings (SSSR count). The van der Waals surface area contributed by atoms with Gasteiger partial charge in [0, 0.05) is 5.38 Å². The predicted octanol–water partition coefficient (Wildman–Crippen LogP) is 2.30. The Morgan fingerprint density at radius 1 is 1.44 bits per heavy atom. The summed E-state index contributed by atoms with van der Waals surface area (Å²) in [5, 5.41) is 3.16. The SMILES string of the molecule is O=N[C@H]1CCC[C@H](Cl)C1. The third-order valence-electron chi connectivity index (χ3n) is 1.73. The van der Waals surface area contributed by atoms with Crippen molar-refractivity contribution in [3.05, 3.63) is 4.91 Å². The lowest BCUT2D eigenvalue weighted by molar-refractivity contribution is 0.447. The van der Waals surface area contributed by atoms with Crippen LogP contribution in [0.5, 0.6) is 0 Å². The van der Waals surface area contributed by atoms with Gasteiger partial charge in [0.15, 0.2) is 0 Å². The Balaban J connectivity index is 2.31. The van der Waals surface area contributed by atoms with Crippen LogP contribution in [0.3, 0.4) is 0 Å². The number of hydrogen-bond donors (Lipinski definition) is 0. The molecule has 0 aliphatic heterocycles. The van der Waals surface area contributed by atoms with Crippen LogP contribution in [0.1, 0.15) is 25.7 Å². The highest BCUT2D eigenvalue weighted by Gasteiger charge is 2.19. The fourth-order valence-corrected chi connectivity index (χ4v) is 1.56. The minimum atomic E-state index is 0.00116. The van der Waals surface area contributed by atoms with Crippen LogP contribution in [0, 0.1) is 4.91 Å². The second kappa shape index (κ2) is 3.16. The van der Waals surface area contributed by atoms with Crippen LogP contribution in [0.15, 0.2) is 5.18 Å². The lowest BCUT2D eigenvalue weighted by Crippen LogP contribution is -2.17. The van der Waals surface area contributed by atoms with Crippen LogP contribution in [-0.4, -0.2) is 11.4 Å². The van der Waals surface area contributed by atoms with Crippen molar-refractivity contribution in [3.8, 4) is 0 Å². The highest BCUT2D eigenvalue weighted by atomic mass is 35.5. The molecule has 0 heterocycles. The summed E-state index contributed by atoms with van der Waals surface area (Å²) >= 11 is 5.79. The van der Waals surface area contributed by atoms with Crippen molar-refractivity contribution in [2.75, 3.05) is 0 Å². The summed E-state index contributed by atoms with van der Waals surface area (Å²) < 4.78 is 0. The Morgan fingerprint density at radius 3 is 2.67 bits per heavy atom. The van der Waals surface area contributed by atoms with Crippen molar-refractivity contribution < 1.29 is 0 Å². The molecule has 0 aromatic carbocycles. The molecule has 0 saturated heterocycles. The Kier molecular flexibility index (Phi) is 2.46. The van der Waals surface area contributed by atoms with Gasteiger partial charge >= 0.3 is 0 Å². The van der Waals surface area contributed by atoms with Gasteiger partial charge < -0.3 is 0 Å². The third kappa shape index (κ3) is 1.94. The summed E-state index contributed by atoms with van der Waals surface area (Å²) in [5.41, 5.74) is 0. The van der Waals surface area contributed by atoms with Gasteiger partial charge in [-0.05, 0) is 25.7 Å². The van der Waals surface area contributed by atoms with Crippen molar-refractivity contribution in [1.82, 2.24) is 0 Å². The van der Waals surface area contributed by atoms with Crippen LogP contribution < -0.4 is 0 Å². The van der Waals surface area contributed by atoms with Gasteiger partial charge in [-0.25, -0.2) is 0 Å². The highest BCUT2D eigenvalue weighted by Crippen LogP contribution is 2.24. The van der Waals surface area contributed by atoms with E-state index in [4.69, 9.17) is 11.6 Å². The van der Waals surface area contributed by atoms with Crippen LogP contribution in [0.25, 0.3) is 0 Å².